The van der Waals surface area contributed by atoms with Crippen LogP contribution in [0.15, 0.2) is 0 Å². The normalized spacial score (nSPS) is 45.8. The molecule has 4 bridgehead atoms. The maximum absolute atomic E-state index is 10.1. The van der Waals surface area contributed by atoms with Crippen molar-refractivity contribution in [2.24, 2.45) is 10.8 Å². The number of aliphatic hydroxyl groups excluding tert-OH is 1. The van der Waals surface area contributed by atoms with E-state index in [1.54, 1.807) is 13.8 Å². The number of ether oxygens (including phenoxy) is 8. The maximum Gasteiger partial charge on any atom is 0.279 e. The molecule has 6 saturated heterocycles. The van der Waals surface area contributed by atoms with E-state index in [-0.39, 0.29) is 24.0 Å². The fraction of sp³-hybridized carbons (Fsp3) is 1.00. The van der Waals surface area contributed by atoms with Crippen LogP contribution in [0.3, 0.4) is 0 Å². The van der Waals surface area contributed by atoms with Gasteiger partial charge >= 0.3 is 0 Å². The minimum absolute atomic E-state index is 0.174. The summed E-state index contributed by atoms with van der Waals surface area (Å²) in [6.45, 7) is 7.83. The van der Waals surface area contributed by atoms with Crippen LogP contribution < -0.4 is 0 Å². The molecule has 9 nitrogen and oxygen atoms in total. The minimum atomic E-state index is -0.915. The molecule has 6 aliphatic heterocycles. The van der Waals surface area contributed by atoms with Crippen LogP contribution in [0.4, 0.5) is 0 Å². The second-order valence-corrected chi connectivity index (χ2v) is 8.14. The van der Waals surface area contributed by atoms with E-state index in [1.807, 2.05) is 0 Å². The fourth-order valence-corrected chi connectivity index (χ4v) is 3.33. The molecule has 0 aliphatic carbocycles. The van der Waals surface area contributed by atoms with Crippen LogP contribution in [0.2, 0.25) is 0 Å². The molecule has 0 radical (unpaired) electrons. The molecule has 0 saturated carbocycles. The van der Waals surface area contributed by atoms with Gasteiger partial charge in [0.2, 0.25) is 0 Å². The van der Waals surface area contributed by atoms with Crippen LogP contribution in [0, 0.1) is 10.8 Å². The van der Waals surface area contributed by atoms with Gasteiger partial charge in [-0.2, -0.15) is 0 Å². The summed E-state index contributed by atoms with van der Waals surface area (Å²) < 4.78 is 44.6. The van der Waals surface area contributed by atoms with E-state index in [4.69, 9.17) is 37.9 Å². The van der Waals surface area contributed by atoms with Crippen molar-refractivity contribution in [2.45, 2.75) is 31.9 Å². The molecule has 0 unspecified atom stereocenters. The Labute approximate surface area is 152 Å². The Hall–Kier alpha value is -0.360. The van der Waals surface area contributed by atoms with E-state index >= 15 is 0 Å². The van der Waals surface area contributed by atoms with Crippen molar-refractivity contribution < 1.29 is 43.0 Å². The zero-order chi connectivity index (χ0) is 18.3. The molecule has 6 heterocycles. The molecule has 0 aromatic carbocycles. The van der Waals surface area contributed by atoms with Crippen molar-refractivity contribution in [2.75, 3.05) is 66.1 Å². The highest BCUT2D eigenvalue weighted by molar-refractivity contribution is 4.88. The van der Waals surface area contributed by atoms with Crippen molar-refractivity contribution in [3.8, 4) is 0 Å². The number of rotatable bonds is 8. The summed E-state index contributed by atoms with van der Waals surface area (Å²) in [5.74, 6) is -1.83. The monoisotopic (exact) mass is 376 g/mol. The van der Waals surface area contributed by atoms with Crippen molar-refractivity contribution in [1.82, 2.24) is 0 Å². The molecule has 0 atom stereocenters. The Morgan fingerprint density at radius 1 is 0.692 bits per heavy atom. The molecule has 150 valence electrons. The fourth-order valence-electron chi connectivity index (χ4n) is 3.33. The maximum atomic E-state index is 10.1. The van der Waals surface area contributed by atoms with Gasteiger partial charge in [-0.05, 0) is 0 Å². The van der Waals surface area contributed by atoms with Gasteiger partial charge in [0.05, 0.1) is 76.9 Å². The van der Waals surface area contributed by atoms with Crippen LogP contribution in [-0.2, 0) is 37.9 Å². The van der Waals surface area contributed by atoms with Gasteiger partial charge in [0.1, 0.15) is 6.10 Å². The second kappa shape index (κ2) is 6.91. The summed E-state index contributed by atoms with van der Waals surface area (Å²) in [5, 5.41) is 10.1. The molecular weight excluding hydrogens is 348 g/mol. The Morgan fingerprint density at radius 2 is 1.00 bits per heavy atom. The van der Waals surface area contributed by atoms with Gasteiger partial charge in [0, 0.05) is 13.8 Å². The van der Waals surface area contributed by atoms with E-state index in [1.165, 1.54) is 0 Å². The van der Waals surface area contributed by atoms with E-state index in [0.29, 0.717) is 52.9 Å². The van der Waals surface area contributed by atoms with Crippen LogP contribution in [0.5, 0.6) is 0 Å². The number of fused-ring (bicyclic) bond motifs is 6. The number of hydrogen-bond acceptors (Lipinski definition) is 9. The zero-order valence-corrected chi connectivity index (χ0v) is 15.4. The quantitative estimate of drug-likeness (QED) is 0.621. The van der Waals surface area contributed by atoms with Crippen molar-refractivity contribution >= 4 is 0 Å². The summed E-state index contributed by atoms with van der Waals surface area (Å²) in [6.07, 6.45) is -0.719. The topological polar surface area (TPSA) is 94.1 Å². The lowest BCUT2D eigenvalue weighted by Gasteiger charge is -2.50. The molecule has 0 aromatic heterocycles. The summed E-state index contributed by atoms with van der Waals surface area (Å²) in [4.78, 5) is 0. The average Bonchev–Trinajstić information content (AvgIpc) is 2.64. The van der Waals surface area contributed by atoms with Crippen LogP contribution in [0.1, 0.15) is 13.8 Å². The van der Waals surface area contributed by atoms with Gasteiger partial charge in [-0.15, -0.1) is 0 Å². The molecule has 0 amide bonds. The van der Waals surface area contributed by atoms with E-state index in [2.05, 4.69) is 0 Å². The molecule has 6 aliphatic rings. The van der Waals surface area contributed by atoms with Crippen molar-refractivity contribution in [3.05, 3.63) is 0 Å². The SMILES string of the molecule is CC12OCC(COCC(O)COCC34COC(C)(OC3)OC4)(CO1)CO2. The molecule has 1 N–H and O–H groups in total. The third-order valence-electron chi connectivity index (χ3n) is 5.28. The van der Waals surface area contributed by atoms with E-state index in [0.717, 1.165) is 0 Å². The molecule has 0 aromatic rings. The standard InChI is InChI=1S/C17H28O9/c1-14-21-7-16(8-22-14,9-23-14)5-19-3-13(18)4-20-6-17-10-24-15(2,25-11-17)26-12-17/h13,18H,3-12H2,1-2H3. The summed E-state index contributed by atoms with van der Waals surface area (Å²) in [5.41, 5.74) is -0.611. The Morgan fingerprint density at radius 3 is 1.31 bits per heavy atom. The lowest BCUT2D eigenvalue weighted by molar-refractivity contribution is -0.462. The van der Waals surface area contributed by atoms with Crippen LogP contribution in [-0.4, -0.2) is 89.2 Å². The highest BCUT2D eigenvalue weighted by Crippen LogP contribution is 2.39. The summed E-state index contributed by atoms with van der Waals surface area (Å²) in [6, 6.07) is 0. The highest BCUT2D eigenvalue weighted by atomic mass is 16.9. The van der Waals surface area contributed by atoms with E-state index < -0.39 is 18.1 Å². The first-order valence-electron chi connectivity index (χ1n) is 9.01. The molecule has 0 spiro atoms. The Balaban J connectivity index is 1.13. The number of hydrogen-bond donors (Lipinski definition) is 1. The van der Waals surface area contributed by atoms with Gasteiger partial charge in [0.25, 0.3) is 11.9 Å². The van der Waals surface area contributed by atoms with Crippen LogP contribution >= 0.6 is 0 Å². The van der Waals surface area contributed by atoms with Gasteiger partial charge in [-0.25, -0.2) is 0 Å². The highest BCUT2D eigenvalue weighted by Gasteiger charge is 2.51. The largest absolute Gasteiger partial charge is 0.388 e. The summed E-state index contributed by atoms with van der Waals surface area (Å²) >= 11 is 0. The Bertz CT molecular complexity index is 417. The zero-order valence-electron chi connectivity index (χ0n) is 15.4. The van der Waals surface area contributed by atoms with Crippen molar-refractivity contribution in [1.29, 1.82) is 0 Å². The van der Waals surface area contributed by atoms with Crippen LogP contribution in [0.25, 0.3) is 0 Å². The van der Waals surface area contributed by atoms with Gasteiger partial charge < -0.3 is 43.0 Å². The predicted octanol–water partition coefficient (Wildman–Crippen LogP) is -0.145. The first-order chi connectivity index (χ1) is 12.3. The molecule has 9 heteroatoms. The second-order valence-electron chi connectivity index (χ2n) is 8.14. The summed E-state index contributed by atoms with van der Waals surface area (Å²) in [7, 11) is 0. The smallest absolute Gasteiger partial charge is 0.279 e. The van der Waals surface area contributed by atoms with Crippen molar-refractivity contribution in [3.63, 3.8) is 0 Å². The lowest BCUT2D eigenvalue weighted by Crippen LogP contribution is -2.60. The minimum Gasteiger partial charge on any atom is -0.388 e. The molecule has 6 fully saturated rings. The third kappa shape index (κ3) is 3.91. The van der Waals surface area contributed by atoms with Gasteiger partial charge in [-0.1, -0.05) is 0 Å². The molecular formula is C17H28O9. The third-order valence-corrected chi connectivity index (χ3v) is 5.28. The van der Waals surface area contributed by atoms with Gasteiger partial charge in [-0.3, -0.25) is 0 Å². The molecule has 26 heavy (non-hydrogen) atoms. The van der Waals surface area contributed by atoms with E-state index in [9.17, 15) is 5.11 Å². The predicted molar refractivity (Wildman–Crippen MR) is 85.0 cm³/mol. The first kappa shape index (κ1) is 19.0. The first-order valence-corrected chi connectivity index (χ1v) is 9.01. The lowest BCUT2D eigenvalue weighted by atomic mass is 9.90. The average molecular weight is 376 g/mol. The van der Waals surface area contributed by atoms with Gasteiger partial charge in [0.15, 0.2) is 0 Å². The number of aliphatic hydroxyl groups is 1. The Kier molecular flexibility index (Phi) is 5.04. The molecule has 6 rings (SSSR count).